The van der Waals surface area contributed by atoms with Crippen LogP contribution in [-0.4, -0.2) is 28.7 Å². The number of nitrogens with zero attached hydrogens (tertiary/aromatic N) is 1. The number of benzene rings is 1. The van der Waals surface area contributed by atoms with Crippen LogP contribution in [0.2, 0.25) is 0 Å². The van der Waals surface area contributed by atoms with E-state index in [1.165, 1.54) is 0 Å². The molecule has 1 unspecified atom stereocenters. The quantitative estimate of drug-likeness (QED) is 0.747. The average Bonchev–Trinajstić information content (AvgIpc) is 3.38. The number of ether oxygens (including phenoxy) is 2. The number of amides is 1. The van der Waals surface area contributed by atoms with Gasteiger partial charge in [-0.3, -0.25) is 9.59 Å². The lowest BCUT2D eigenvalue weighted by Crippen LogP contribution is -2.38. The van der Waals surface area contributed by atoms with E-state index in [4.69, 9.17) is 9.47 Å². The number of hydrogen-bond acceptors (Lipinski definition) is 4. The number of carbonyl (C=O) groups is 1. The lowest BCUT2D eigenvalue weighted by atomic mass is 10.00. The third kappa shape index (κ3) is 2.42. The Hall–Kier alpha value is -3.22. The van der Waals surface area contributed by atoms with E-state index in [1.54, 1.807) is 37.2 Å². The molecule has 0 radical (unpaired) electrons. The number of carbonyl (C=O) groups excluding carboxylic acids is 1. The second kappa shape index (κ2) is 5.64. The number of methoxy groups -OCH3 is 1. The zero-order chi connectivity index (χ0) is 18.7. The van der Waals surface area contributed by atoms with Gasteiger partial charge in [-0.05, 0) is 25.0 Å². The molecule has 1 fully saturated rings. The summed E-state index contributed by atoms with van der Waals surface area (Å²) >= 11 is 0. The Kier molecular flexibility index (Phi) is 3.34. The summed E-state index contributed by atoms with van der Waals surface area (Å²) in [4.78, 5) is 27.8. The number of hydrogen-bond donors (Lipinski definition) is 2. The molecule has 7 heteroatoms. The van der Waals surface area contributed by atoms with Gasteiger partial charge in [0.25, 0.3) is 11.5 Å². The number of H-pyrrole nitrogens is 1. The van der Waals surface area contributed by atoms with E-state index in [9.17, 15) is 9.59 Å². The van der Waals surface area contributed by atoms with Gasteiger partial charge in [-0.15, -0.1) is 0 Å². The highest BCUT2D eigenvalue weighted by Crippen LogP contribution is 2.47. The molecule has 3 aromatic rings. The third-order valence-electron chi connectivity index (χ3n) is 5.29. The molecular weight excluding hydrogens is 346 g/mol. The highest BCUT2D eigenvalue weighted by molar-refractivity contribution is 6.03. The van der Waals surface area contributed by atoms with Crippen molar-refractivity contribution >= 4 is 22.5 Å². The summed E-state index contributed by atoms with van der Waals surface area (Å²) < 4.78 is 13.2. The fourth-order valence-corrected chi connectivity index (χ4v) is 3.72. The predicted molar refractivity (Wildman–Crippen MR) is 101 cm³/mol. The number of nitrogens with one attached hydrogen (secondary N) is 2. The molecule has 7 nitrogen and oxygen atoms in total. The van der Waals surface area contributed by atoms with Crippen molar-refractivity contribution in [3.05, 3.63) is 40.9 Å². The van der Waals surface area contributed by atoms with Crippen molar-refractivity contribution < 1.29 is 14.3 Å². The lowest BCUT2D eigenvalue weighted by molar-refractivity contribution is -0.124. The molecule has 1 aliphatic heterocycles. The molecule has 2 N–H and O–H groups in total. The van der Waals surface area contributed by atoms with Gasteiger partial charge in [0.05, 0.1) is 12.8 Å². The smallest absolute Gasteiger partial charge is 0.274 e. The number of aryl methyl sites for hydroxylation is 1. The average molecular weight is 365 g/mol. The first-order chi connectivity index (χ1) is 13.1. The maximum absolute atomic E-state index is 12.4. The first kappa shape index (κ1) is 16.0. The van der Waals surface area contributed by atoms with Crippen molar-refractivity contribution in [3.8, 4) is 22.6 Å². The Morgan fingerprint density at radius 3 is 2.78 bits per heavy atom. The van der Waals surface area contributed by atoms with Crippen LogP contribution in [0.25, 0.3) is 22.0 Å². The van der Waals surface area contributed by atoms with Gasteiger partial charge >= 0.3 is 0 Å². The van der Waals surface area contributed by atoms with Gasteiger partial charge in [-0.2, -0.15) is 0 Å². The Bertz CT molecular complexity index is 1140. The molecule has 1 aliphatic carbocycles. The first-order valence-corrected chi connectivity index (χ1v) is 8.93. The van der Waals surface area contributed by atoms with E-state index < -0.39 is 6.10 Å². The van der Waals surface area contributed by atoms with Crippen molar-refractivity contribution in [2.45, 2.75) is 18.9 Å². The Morgan fingerprint density at radius 1 is 1.22 bits per heavy atom. The zero-order valence-electron chi connectivity index (χ0n) is 15.0. The minimum Gasteiger partial charge on any atom is -0.497 e. The second-order valence-electron chi connectivity index (χ2n) is 7.14. The number of pyridine rings is 1. The summed E-state index contributed by atoms with van der Waals surface area (Å²) in [7, 11) is 3.30. The number of fused-ring (bicyclic) bond motifs is 2. The van der Waals surface area contributed by atoms with Crippen LogP contribution in [-0.2, 0) is 11.8 Å². The summed E-state index contributed by atoms with van der Waals surface area (Å²) in [6.45, 7) is 0. The molecule has 1 atom stereocenters. The van der Waals surface area contributed by atoms with Crippen molar-refractivity contribution in [2.75, 3.05) is 12.4 Å². The fraction of sp³-hybridized carbons (Fsp3) is 0.300. The van der Waals surface area contributed by atoms with E-state index in [0.717, 1.165) is 29.4 Å². The van der Waals surface area contributed by atoms with Crippen molar-refractivity contribution in [1.82, 2.24) is 9.55 Å². The van der Waals surface area contributed by atoms with Crippen molar-refractivity contribution in [3.63, 3.8) is 0 Å². The standard InChI is InChI=1S/C20H19N3O4/c1-23-9-14(12-5-6-21-16(12)20(23)25)13-7-11(26-2)8-15-18(13)27-17(10-3-4-10)19(24)22-15/h5-10,17,21H,3-4H2,1-2H3,(H,22,24). The zero-order valence-corrected chi connectivity index (χ0v) is 15.0. The molecule has 2 aliphatic rings. The molecule has 1 aromatic carbocycles. The number of anilines is 1. The Balaban J connectivity index is 1.77. The fourth-order valence-electron chi connectivity index (χ4n) is 3.72. The Morgan fingerprint density at radius 2 is 2.04 bits per heavy atom. The van der Waals surface area contributed by atoms with Crippen LogP contribution in [0.4, 0.5) is 5.69 Å². The molecule has 3 heterocycles. The van der Waals surface area contributed by atoms with E-state index in [2.05, 4.69) is 10.3 Å². The maximum Gasteiger partial charge on any atom is 0.274 e. The van der Waals surface area contributed by atoms with Crippen LogP contribution in [0.3, 0.4) is 0 Å². The summed E-state index contributed by atoms with van der Waals surface area (Å²) in [5.74, 6) is 1.38. The summed E-state index contributed by atoms with van der Waals surface area (Å²) in [5, 5.41) is 3.77. The van der Waals surface area contributed by atoms with E-state index >= 15 is 0 Å². The van der Waals surface area contributed by atoms with Crippen molar-refractivity contribution in [2.24, 2.45) is 13.0 Å². The third-order valence-corrected chi connectivity index (χ3v) is 5.29. The SMILES string of the molecule is COc1cc2c(c(-c3cn(C)c(=O)c4[nH]ccc34)c1)OC(C1CC1)C(=O)N2. The monoisotopic (exact) mass is 365 g/mol. The van der Waals surface area contributed by atoms with Crippen molar-refractivity contribution in [1.29, 1.82) is 0 Å². The van der Waals surface area contributed by atoms with Gasteiger partial charge in [-0.1, -0.05) is 0 Å². The van der Waals surface area contributed by atoms with Crippen LogP contribution in [0.5, 0.6) is 11.5 Å². The first-order valence-electron chi connectivity index (χ1n) is 8.93. The highest BCUT2D eigenvalue weighted by Gasteiger charge is 2.41. The second-order valence-corrected chi connectivity index (χ2v) is 7.14. The molecule has 5 rings (SSSR count). The summed E-state index contributed by atoms with van der Waals surface area (Å²) in [5.41, 5.74) is 2.65. The molecule has 0 bridgehead atoms. The van der Waals surface area contributed by atoms with Gasteiger partial charge in [0.2, 0.25) is 0 Å². The molecule has 1 amide bonds. The van der Waals surface area contributed by atoms with Gasteiger partial charge in [0.15, 0.2) is 11.9 Å². The van der Waals surface area contributed by atoms with E-state index in [1.807, 2.05) is 12.1 Å². The van der Waals surface area contributed by atoms with Crippen LogP contribution >= 0.6 is 0 Å². The minimum absolute atomic E-state index is 0.0967. The topological polar surface area (TPSA) is 85.3 Å². The normalized spacial score (nSPS) is 18.7. The molecular formula is C20H19N3O4. The summed E-state index contributed by atoms with van der Waals surface area (Å²) in [6, 6.07) is 5.51. The van der Waals surface area contributed by atoms with E-state index in [0.29, 0.717) is 22.7 Å². The Labute approximate surface area is 154 Å². The molecule has 2 aromatic heterocycles. The van der Waals surface area contributed by atoms with Gasteiger partial charge in [-0.25, -0.2) is 0 Å². The predicted octanol–water partition coefficient (Wildman–Crippen LogP) is 2.65. The highest BCUT2D eigenvalue weighted by atomic mass is 16.5. The van der Waals surface area contributed by atoms with Gasteiger partial charge < -0.3 is 24.3 Å². The molecule has 1 saturated carbocycles. The number of aromatic amines is 1. The van der Waals surface area contributed by atoms with Gasteiger partial charge in [0.1, 0.15) is 11.3 Å². The molecule has 0 spiro atoms. The lowest BCUT2D eigenvalue weighted by Gasteiger charge is -2.28. The molecule has 138 valence electrons. The van der Waals surface area contributed by atoms with E-state index in [-0.39, 0.29) is 17.4 Å². The van der Waals surface area contributed by atoms with Gasteiger partial charge in [0, 0.05) is 47.9 Å². The number of rotatable bonds is 3. The number of aromatic nitrogens is 2. The minimum atomic E-state index is -0.473. The largest absolute Gasteiger partial charge is 0.497 e. The van der Waals surface area contributed by atoms with Crippen LogP contribution < -0.4 is 20.3 Å². The molecule has 0 saturated heterocycles. The maximum atomic E-state index is 12.4. The van der Waals surface area contributed by atoms with Crippen LogP contribution in [0.15, 0.2) is 35.4 Å². The summed E-state index contributed by atoms with van der Waals surface area (Å²) in [6.07, 6.45) is 5.07. The van der Waals surface area contributed by atoms with Crippen LogP contribution in [0, 0.1) is 5.92 Å². The molecule has 27 heavy (non-hydrogen) atoms. The van der Waals surface area contributed by atoms with Crippen LogP contribution in [0.1, 0.15) is 12.8 Å².